The number of hydrogen-bond donors (Lipinski definition) is 2. The zero-order valence-corrected chi connectivity index (χ0v) is 20.1. The summed E-state index contributed by atoms with van der Waals surface area (Å²) in [6, 6.07) is 24.7. The van der Waals surface area contributed by atoms with E-state index in [9.17, 15) is 9.59 Å². The fraction of sp³-hybridized carbons (Fsp3) is 0.115. The summed E-state index contributed by atoms with van der Waals surface area (Å²) >= 11 is 2.83. The van der Waals surface area contributed by atoms with E-state index >= 15 is 0 Å². The molecule has 0 spiro atoms. The Morgan fingerprint density at radius 2 is 1.62 bits per heavy atom. The highest BCUT2D eigenvalue weighted by molar-refractivity contribution is 7.99. The first-order valence-corrected chi connectivity index (χ1v) is 12.6. The molecule has 172 valence electrons. The maximum Gasteiger partial charge on any atom is 0.257 e. The summed E-state index contributed by atoms with van der Waals surface area (Å²) < 4.78 is 5.11. The van der Waals surface area contributed by atoms with Crippen LogP contribution < -0.4 is 15.4 Å². The average Bonchev–Trinajstić information content (AvgIpc) is 3.32. The number of carbonyl (C=O) groups excluding carboxylic acids is 2. The number of thiazole rings is 1. The predicted molar refractivity (Wildman–Crippen MR) is 140 cm³/mol. The summed E-state index contributed by atoms with van der Waals surface area (Å²) in [5, 5.41) is 8.13. The molecule has 0 saturated heterocycles. The van der Waals surface area contributed by atoms with Gasteiger partial charge < -0.3 is 10.1 Å². The van der Waals surface area contributed by atoms with E-state index < -0.39 is 0 Å². The number of amides is 2. The van der Waals surface area contributed by atoms with Gasteiger partial charge in [0.15, 0.2) is 5.13 Å². The van der Waals surface area contributed by atoms with Gasteiger partial charge >= 0.3 is 0 Å². The van der Waals surface area contributed by atoms with Crippen LogP contribution in [0.4, 0.5) is 10.8 Å². The number of benzene rings is 3. The van der Waals surface area contributed by atoms with Crippen LogP contribution in [0.25, 0.3) is 11.1 Å². The molecule has 0 unspecified atom stereocenters. The predicted octanol–water partition coefficient (Wildman–Crippen LogP) is 5.94. The van der Waals surface area contributed by atoms with Crippen LogP contribution in [0.15, 0.2) is 84.2 Å². The van der Waals surface area contributed by atoms with Crippen molar-refractivity contribution in [1.82, 2.24) is 4.98 Å². The molecule has 2 amide bonds. The number of rotatable bonds is 9. The van der Waals surface area contributed by atoms with Crippen molar-refractivity contribution in [2.24, 2.45) is 0 Å². The van der Waals surface area contributed by atoms with Crippen molar-refractivity contribution < 1.29 is 14.3 Å². The summed E-state index contributed by atoms with van der Waals surface area (Å²) in [5.74, 6) is 1.33. The van der Waals surface area contributed by atoms with Gasteiger partial charge in [-0.1, -0.05) is 42.5 Å². The molecule has 0 atom stereocenters. The third-order valence-corrected chi connectivity index (χ3v) is 6.66. The number of hydrogen-bond acceptors (Lipinski definition) is 6. The van der Waals surface area contributed by atoms with Gasteiger partial charge in [-0.05, 0) is 47.5 Å². The van der Waals surface area contributed by atoms with Crippen LogP contribution in [-0.2, 0) is 10.5 Å². The van der Waals surface area contributed by atoms with Crippen molar-refractivity contribution in [3.63, 3.8) is 0 Å². The molecule has 1 aromatic heterocycles. The Bertz CT molecular complexity index is 1240. The maximum atomic E-state index is 12.6. The topological polar surface area (TPSA) is 80.3 Å². The largest absolute Gasteiger partial charge is 0.497 e. The van der Waals surface area contributed by atoms with Crippen LogP contribution in [0, 0.1) is 0 Å². The van der Waals surface area contributed by atoms with Gasteiger partial charge in [-0.3, -0.25) is 14.9 Å². The number of aromatic nitrogens is 1. The van der Waals surface area contributed by atoms with Crippen molar-refractivity contribution in [3.8, 4) is 16.9 Å². The molecule has 34 heavy (non-hydrogen) atoms. The van der Waals surface area contributed by atoms with E-state index in [1.165, 1.54) is 23.1 Å². The van der Waals surface area contributed by atoms with Crippen molar-refractivity contribution in [1.29, 1.82) is 0 Å². The quantitative estimate of drug-likeness (QED) is 0.304. The van der Waals surface area contributed by atoms with E-state index in [1.807, 2.05) is 60.0 Å². The lowest BCUT2D eigenvalue weighted by molar-refractivity contribution is -0.113. The minimum absolute atomic E-state index is 0.0853. The summed E-state index contributed by atoms with van der Waals surface area (Å²) in [6.45, 7) is 0. The molecule has 0 fully saturated rings. The van der Waals surface area contributed by atoms with E-state index in [0.29, 0.717) is 22.2 Å². The van der Waals surface area contributed by atoms with E-state index in [2.05, 4.69) is 15.6 Å². The van der Waals surface area contributed by atoms with Crippen molar-refractivity contribution in [2.75, 3.05) is 23.5 Å². The van der Waals surface area contributed by atoms with Gasteiger partial charge in [0.2, 0.25) is 5.91 Å². The second-order valence-corrected chi connectivity index (χ2v) is 9.15. The van der Waals surface area contributed by atoms with Crippen LogP contribution in [0.5, 0.6) is 5.75 Å². The highest BCUT2D eigenvalue weighted by Crippen LogP contribution is 2.22. The second kappa shape index (κ2) is 11.5. The number of carbonyl (C=O) groups is 2. The Morgan fingerprint density at radius 1 is 0.912 bits per heavy atom. The van der Waals surface area contributed by atoms with Crippen molar-refractivity contribution >= 4 is 45.7 Å². The fourth-order valence-electron chi connectivity index (χ4n) is 3.16. The van der Waals surface area contributed by atoms with Crippen molar-refractivity contribution in [2.45, 2.75) is 5.75 Å². The molecule has 0 aliphatic rings. The second-order valence-electron chi connectivity index (χ2n) is 7.31. The highest BCUT2D eigenvalue weighted by atomic mass is 32.2. The molecule has 0 bridgehead atoms. The number of anilines is 2. The van der Waals surface area contributed by atoms with Gasteiger partial charge in [0.05, 0.1) is 18.6 Å². The Morgan fingerprint density at radius 3 is 2.32 bits per heavy atom. The summed E-state index contributed by atoms with van der Waals surface area (Å²) in [6.07, 6.45) is 0. The first kappa shape index (κ1) is 23.5. The number of thioether (sulfide) groups is 1. The molecule has 4 rings (SSSR count). The normalized spacial score (nSPS) is 10.5. The van der Waals surface area contributed by atoms with Gasteiger partial charge in [-0.25, -0.2) is 4.98 Å². The maximum absolute atomic E-state index is 12.6. The van der Waals surface area contributed by atoms with Crippen LogP contribution in [0.3, 0.4) is 0 Å². The Labute approximate surface area is 206 Å². The Balaban J connectivity index is 1.23. The highest BCUT2D eigenvalue weighted by Gasteiger charge is 2.10. The molecule has 0 radical (unpaired) electrons. The molecule has 4 aromatic rings. The minimum atomic E-state index is -0.202. The first-order chi connectivity index (χ1) is 16.6. The Hall–Kier alpha value is -3.62. The molecule has 0 saturated carbocycles. The van der Waals surface area contributed by atoms with Crippen LogP contribution in [-0.4, -0.2) is 29.7 Å². The molecule has 0 aliphatic carbocycles. The zero-order valence-electron chi connectivity index (χ0n) is 18.5. The molecule has 8 heteroatoms. The monoisotopic (exact) mass is 489 g/mol. The van der Waals surface area contributed by atoms with Gasteiger partial charge in [0, 0.05) is 22.4 Å². The molecular weight excluding hydrogens is 466 g/mol. The first-order valence-electron chi connectivity index (χ1n) is 10.5. The lowest BCUT2D eigenvalue weighted by atomic mass is 10.0. The van der Waals surface area contributed by atoms with E-state index in [4.69, 9.17) is 4.74 Å². The van der Waals surface area contributed by atoms with Crippen LogP contribution in [0.1, 0.15) is 16.1 Å². The van der Waals surface area contributed by atoms with Gasteiger partial charge in [0.25, 0.3) is 5.91 Å². The molecular formula is C26H23N3O3S2. The lowest BCUT2D eigenvalue weighted by Gasteiger charge is -2.06. The Kier molecular flexibility index (Phi) is 7.95. The number of ether oxygens (including phenoxy) is 1. The van der Waals surface area contributed by atoms with Gasteiger partial charge in [-0.2, -0.15) is 0 Å². The standard InChI is InChI=1S/C26H23N3O3S2/c1-32-23-13-11-21(12-14-23)27-24(30)17-33-15-22-16-34-26(28-22)29-25(31)20-9-7-19(8-10-20)18-5-3-2-4-6-18/h2-14,16H,15,17H2,1H3,(H,27,30)(H,28,29,31). The molecule has 6 nitrogen and oxygen atoms in total. The molecule has 3 aromatic carbocycles. The van der Waals surface area contributed by atoms with E-state index in [0.717, 1.165) is 28.3 Å². The van der Waals surface area contributed by atoms with Crippen LogP contribution >= 0.6 is 23.1 Å². The average molecular weight is 490 g/mol. The molecule has 0 aliphatic heterocycles. The lowest BCUT2D eigenvalue weighted by Crippen LogP contribution is -2.14. The number of methoxy groups -OCH3 is 1. The summed E-state index contributed by atoms with van der Waals surface area (Å²) in [7, 11) is 1.60. The fourth-order valence-corrected chi connectivity index (χ4v) is 4.69. The number of nitrogens with zero attached hydrogens (tertiary/aromatic N) is 1. The summed E-state index contributed by atoms with van der Waals surface area (Å²) in [5.41, 5.74) is 4.28. The third kappa shape index (κ3) is 6.46. The SMILES string of the molecule is COc1ccc(NC(=O)CSCc2csc(NC(=O)c3ccc(-c4ccccc4)cc3)n2)cc1. The van der Waals surface area contributed by atoms with Gasteiger partial charge in [-0.15, -0.1) is 23.1 Å². The molecule has 1 heterocycles. The number of nitrogens with one attached hydrogen (secondary N) is 2. The molecule has 2 N–H and O–H groups in total. The van der Waals surface area contributed by atoms with E-state index in [1.54, 1.807) is 31.4 Å². The van der Waals surface area contributed by atoms with Crippen LogP contribution in [0.2, 0.25) is 0 Å². The smallest absolute Gasteiger partial charge is 0.257 e. The van der Waals surface area contributed by atoms with E-state index in [-0.39, 0.29) is 11.8 Å². The van der Waals surface area contributed by atoms with Gasteiger partial charge in [0.1, 0.15) is 5.75 Å². The minimum Gasteiger partial charge on any atom is -0.497 e. The zero-order chi connectivity index (χ0) is 23.8. The third-order valence-electron chi connectivity index (χ3n) is 4.88. The summed E-state index contributed by atoms with van der Waals surface area (Å²) in [4.78, 5) is 29.2. The van der Waals surface area contributed by atoms with Crippen molar-refractivity contribution in [3.05, 3.63) is 95.5 Å².